The van der Waals surface area contributed by atoms with E-state index in [2.05, 4.69) is 16.0 Å². The number of carbonyl (C=O) groups is 2. The number of nitrogens with one attached hydrogen (secondary N) is 3. The number of rotatable bonds is 6. The van der Waals surface area contributed by atoms with Crippen molar-refractivity contribution in [1.29, 1.82) is 0 Å². The van der Waals surface area contributed by atoms with Crippen LogP contribution in [0.3, 0.4) is 0 Å². The first kappa shape index (κ1) is 20.3. The number of anilines is 3. The lowest BCUT2D eigenvalue weighted by atomic mass is 10.1. The van der Waals surface area contributed by atoms with E-state index in [9.17, 15) is 9.59 Å². The van der Waals surface area contributed by atoms with Gasteiger partial charge in [-0.3, -0.25) is 4.79 Å². The van der Waals surface area contributed by atoms with Gasteiger partial charge in [0.05, 0.1) is 0 Å². The van der Waals surface area contributed by atoms with E-state index in [1.807, 2.05) is 36.4 Å². The minimum Gasteiger partial charge on any atom is -0.486 e. The van der Waals surface area contributed by atoms with Crippen molar-refractivity contribution >= 4 is 29.0 Å². The molecule has 4 rings (SSSR count). The third-order valence-electron chi connectivity index (χ3n) is 4.68. The largest absolute Gasteiger partial charge is 0.486 e. The van der Waals surface area contributed by atoms with Crippen molar-refractivity contribution in [1.82, 2.24) is 0 Å². The summed E-state index contributed by atoms with van der Waals surface area (Å²) in [5.41, 5.74) is 2.90. The topological polar surface area (TPSA) is 88.7 Å². The van der Waals surface area contributed by atoms with Crippen LogP contribution in [0.2, 0.25) is 0 Å². The van der Waals surface area contributed by atoms with Crippen LogP contribution in [0, 0.1) is 0 Å². The lowest BCUT2D eigenvalue weighted by Gasteiger charge is -2.18. The molecule has 0 spiro atoms. The van der Waals surface area contributed by atoms with E-state index in [-0.39, 0.29) is 11.9 Å². The summed E-state index contributed by atoms with van der Waals surface area (Å²) in [6.45, 7) is 1.08. The Kier molecular flexibility index (Phi) is 6.32. The number of amides is 3. The van der Waals surface area contributed by atoms with Gasteiger partial charge in [0.1, 0.15) is 13.2 Å². The third kappa shape index (κ3) is 5.76. The molecule has 0 bridgehead atoms. The lowest BCUT2D eigenvalue weighted by Crippen LogP contribution is -2.19. The zero-order chi connectivity index (χ0) is 21.5. The molecule has 7 nitrogen and oxygen atoms in total. The quantitative estimate of drug-likeness (QED) is 0.544. The molecule has 0 fully saturated rings. The van der Waals surface area contributed by atoms with Crippen molar-refractivity contribution in [2.75, 3.05) is 29.2 Å². The Morgan fingerprint density at radius 2 is 1.39 bits per heavy atom. The van der Waals surface area contributed by atoms with Crippen molar-refractivity contribution in [3.8, 4) is 11.5 Å². The van der Waals surface area contributed by atoms with E-state index in [1.165, 1.54) is 0 Å². The highest BCUT2D eigenvalue weighted by molar-refractivity contribution is 6.00. The van der Waals surface area contributed by atoms with Crippen molar-refractivity contribution in [3.05, 3.63) is 78.4 Å². The zero-order valence-electron chi connectivity index (χ0n) is 16.9. The van der Waals surface area contributed by atoms with Crippen LogP contribution in [0.25, 0.3) is 0 Å². The maximum atomic E-state index is 12.4. The summed E-state index contributed by atoms with van der Waals surface area (Å²) < 4.78 is 11.1. The van der Waals surface area contributed by atoms with E-state index in [1.54, 1.807) is 36.4 Å². The number of benzene rings is 3. The maximum absolute atomic E-state index is 12.4. The minimum absolute atomic E-state index is 0.110. The second-order valence-corrected chi connectivity index (χ2v) is 7.05. The van der Waals surface area contributed by atoms with Crippen LogP contribution >= 0.6 is 0 Å². The number of urea groups is 1. The SMILES string of the molecule is O=C(CCc1ccc2c(c1)OCCO2)Nc1cccc(NC(=O)Nc2ccccc2)c1. The molecule has 3 N–H and O–H groups in total. The summed E-state index contributed by atoms with van der Waals surface area (Å²) in [5, 5.41) is 8.39. The van der Waals surface area contributed by atoms with Crippen LogP contribution in [-0.4, -0.2) is 25.2 Å². The predicted octanol–water partition coefficient (Wildman–Crippen LogP) is 4.67. The smallest absolute Gasteiger partial charge is 0.323 e. The Morgan fingerprint density at radius 3 is 2.19 bits per heavy atom. The van der Waals surface area contributed by atoms with Gasteiger partial charge < -0.3 is 25.4 Å². The van der Waals surface area contributed by atoms with Crippen molar-refractivity contribution in [2.45, 2.75) is 12.8 Å². The van der Waals surface area contributed by atoms with Gasteiger partial charge in [0.25, 0.3) is 0 Å². The van der Waals surface area contributed by atoms with Gasteiger partial charge in [-0.05, 0) is 54.4 Å². The van der Waals surface area contributed by atoms with Crippen LogP contribution in [0.15, 0.2) is 72.8 Å². The fourth-order valence-electron chi connectivity index (χ4n) is 3.21. The average Bonchev–Trinajstić information content (AvgIpc) is 2.78. The summed E-state index contributed by atoms with van der Waals surface area (Å²) in [5.74, 6) is 1.34. The molecule has 31 heavy (non-hydrogen) atoms. The molecule has 0 unspecified atom stereocenters. The molecule has 7 heteroatoms. The number of hydrogen-bond donors (Lipinski definition) is 3. The van der Waals surface area contributed by atoms with Crippen molar-refractivity contribution in [2.24, 2.45) is 0 Å². The van der Waals surface area contributed by atoms with Gasteiger partial charge in [0, 0.05) is 23.5 Å². The normalized spacial score (nSPS) is 12.0. The molecule has 3 amide bonds. The molecule has 1 heterocycles. The molecular weight excluding hydrogens is 394 g/mol. The van der Waals surface area contributed by atoms with E-state index in [4.69, 9.17) is 9.47 Å². The predicted molar refractivity (Wildman–Crippen MR) is 120 cm³/mol. The Hall–Kier alpha value is -4.00. The number of para-hydroxylation sites is 1. The Balaban J connectivity index is 1.29. The highest BCUT2D eigenvalue weighted by atomic mass is 16.6. The number of fused-ring (bicyclic) bond motifs is 1. The number of ether oxygens (including phenoxy) is 2. The van der Waals surface area contributed by atoms with Gasteiger partial charge >= 0.3 is 6.03 Å². The minimum atomic E-state index is -0.353. The van der Waals surface area contributed by atoms with Crippen LogP contribution in [0.5, 0.6) is 11.5 Å². The molecule has 1 aliphatic heterocycles. The van der Waals surface area contributed by atoms with Crippen molar-refractivity contribution in [3.63, 3.8) is 0 Å². The molecule has 3 aromatic carbocycles. The van der Waals surface area contributed by atoms with Gasteiger partial charge in [-0.2, -0.15) is 0 Å². The Bertz CT molecular complexity index is 1070. The summed E-state index contributed by atoms with van der Waals surface area (Å²) in [7, 11) is 0. The fourth-order valence-corrected chi connectivity index (χ4v) is 3.21. The fraction of sp³-hybridized carbons (Fsp3) is 0.167. The molecule has 158 valence electrons. The van der Waals surface area contributed by atoms with Gasteiger partial charge in [0.2, 0.25) is 5.91 Å². The van der Waals surface area contributed by atoms with E-state index >= 15 is 0 Å². The van der Waals surface area contributed by atoms with Crippen molar-refractivity contribution < 1.29 is 19.1 Å². The highest BCUT2D eigenvalue weighted by Gasteiger charge is 2.12. The third-order valence-corrected chi connectivity index (χ3v) is 4.68. The molecule has 0 aromatic heterocycles. The van der Waals surface area contributed by atoms with Crippen LogP contribution in [0.1, 0.15) is 12.0 Å². The molecule has 0 saturated carbocycles. The standard InChI is InChI=1S/C24H23N3O4/c28-23(12-10-17-9-11-21-22(15-17)31-14-13-30-21)25-19-7-4-8-20(16-19)27-24(29)26-18-5-2-1-3-6-18/h1-9,11,15-16H,10,12-14H2,(H,25,28)(H2,26,27,29). The molecule has 0 radical (unpaired) electrons. The first-order valence-electron chi connectivity index (χ1n) is 10.1. The summed E-state index contributed by atoms with van der Waals surface area (Å²) in [6.07, 6.45) is 0.908. The summed E-state index contributed by atoms with van der Waals surface area (Å²) in [4.78, 5) is 24.5. The van der Waals surface area contributed by atoms with Crippen LogP contribution in [0.4, 0.5) is 21.9 Å². The van der Waals surface area contributed by atoms with E-state index in [0.29, 0.717) is 43.1 Å². The average molecular weight is 417 g/mol. The highest BCUT2D eigenvalue weighted by Crippen LogP contribution is 2.31. The lowest BCUT2D eigenvalue weighted by molar-refractivity contribution is -0.116. The molecule has 0 atom stereocenters. The second-order valence-electron chi connectivity index (χ2n) is 7.05. The Labute approximate surface area is 180 Å². The van der Waals surface area contributed by atoms with E-state index in [0.717, 1.165) is 17.1 Å². The first-order chi connectivity index (χ1) is 15.2. The van der Waals surface area contributed by atoms with Crippen LogP contribution in [-0.2, 0) is 11.2 Å². The second kappa shape index (κ2) is 9.67. The molecule has 1 aliphatic rings. The van der Waals surface area contributed by atoms with Gasteiger partial charge in [-0.15, -0.1) is 0 Å². The van der Waals surface area contributed by atoms with Gasteiger partial charge in [-0.25, -0.2) is 4.79 Å². The zero-order valence-corrected chi connectivity index (χ0v) is 16.9. The summed E-state index contributed by atoms with van der Waals surface area (Å²) >= 11 is 0. The number of aryl methyl sites for hydroxylation is 1. The maximum Gasteiger partial charge on any atom is 0.323 e. The van der Waals surface area contributed by atoms with Crippen LogP contribution < -0.4 is 25.4 Å². The molecule has 0 saturated heterocycles. The molecular formula is C24H23N3O4. The molecule has 3 aromatic rings. The summed E-state index contributed by atoms with van der Waals surface area (Å²) in [6, 6.07) is 21.6. The molecule has 0 aliphatic carbocycles. The monoisotopic (exact) mass is 417 g/mol. The number of hydrogen-bond acceptors (Lipinski definition) is 4. The first-order valence-corrected chi connectivity index (χ1v) is 10.1. The van der Waals surface area contributed by atoms with Gasteiger partial charge in [-0.1, -0.05) is 30.3 Å². The van der Waals surface area contributed by atoms with Gasteiger partial charge in [0.15, 0.2) is 11.5 Å². The number of carbonyl (C=O) groups excluding carboxylic acids is 2. The Morgan fingerprint density at radius 1 is 0.710 bits per heavy atom. The van der Waals surface area contributed by atoms with E-state index < -0.39 is 0 Å².